The molecular formula is C15H13F13O4. The number of rotatable bonds is 8. The summed E-state index contributed by atoms with van der Waals surface area (Å²) in [6, 6.07) is 0. The van der Waals surface area contributed by atoms with E-state index in [0.29, 0.717) is 20.8 Å². The maximum Gasteiger partial charge on any atom is 0.460 e. The molecule has 0 aromatic rings. The van der Waals surface area contributed by atoms with Crippen LogP contribution in [-0.4, -0.2) is 58.9 Å². The summed E-state index contributed by atoms with van der Waals surface area (Å²) in [6.45, 7) is 1.49. The normalized spacial score (nSPS) is 16.2. The lowest BCUT2D eigenvalue weighted by atomic mass is 9.80. The second kappa shape index (κ2) is 8.28. The van der Waals surface area contributed by atoms with Crippen LogP contribution < -0.4 is 0 Å². The maximum absolute atomic E-state index is 14.3. The van der Waals surface area contributed by atoms with E-state index >= 15 is 0 Å². The highest BCUT2D eigenvalue weighted by atomic mass is 19.4. The fraction of sp³-hybridized carbons (Fsp3) is 0.733. The highest BCUT2D eigenvalue weighted by molar-refractivity contribution is 5.90. The third-order valence-corrected chi connectivity index (χ3v) is 3.67. The van der Waals surface area contributed by atoms with Crippen LogP contribution in [-0.2, 0) is 14.3 Å². The van der Waals surface area contributed by atoms with Gasteiger partial charge in [-0.2, -0.15) is 57.1 Å². The van der Waals surface area contributed by atoms with E-state index in [-0.39, 0.29) is 12.2 Å². The first-order valence-corrected chi connectivity index (χ1v) is 7.77. The Kier molecular flexibility index (Phi) is 7.70. The summed E-state index contributed by atoms with van der Waals surface area (Å²) in [5.41, 5.74) is -2.56. The number of alkyl halides is 13. The van der Waals surface area contributed by atoms with E-state index in [2.05, 4.69) is 4.74 Å². The van der Waals surface area contributed by atoms with E-state index < -0.39 is 59.2 Å². The van der Waals surface area contributed by atoms with Crippen LogP contribution in [0.2, 0.25) is 0 Å². The first-order chi connectivity index (χ1) is 13.7. The molecule has 0 aliphatic rings. The van der Waals surface area contributed by atoms with Gasteiger partial charge >= 0.3 is 47.7 Å². The molecule has 0 aromatic heterocycles. The molecule has 1 N–H and O–H groups in total. The van der Waals surface area contributed by atoms with Gasteiger partial charge in [-0.3, -0.25) is 0 Å². The first-order valence-electron chi connectivity index (χ1n) is 7.77. The van der Waals surface area contributed by atoms with Crippen molar-refractivity contribution in [3.05, 3.63) is 12.2 Å². The maximum atomic E-state index is 14.3. The quantitative estimate of drug-likeness (QED) is 0.276. The van der Waals surface area contributed by atoms with Gasteiger partial charge in [-0.05, 0) is 0 Å². The van der Waals surface area contributed by atoms with Crippen LogP contribution in [0.25, 0.3) is 0 Å². The Labute approximate surface area is 170 Å². The van der Waals surface area contributed by atoms with Crippen LogP contribution in [0.3, 0.4) is 0 Å². The summed E-state index contributed by atoms with van der Waals surface area (Å²) in [6.07, 6.45) is -11.7. The van der Waals surface area contributed by atoms with Crippen LogP contribution in [0.5, 0.6) is 0 Å². The van der Waals surface area contributed by atoms with Crippen molar-refractivity contribution in [3.8, 4) is 0 Å². The molecule has 0 aromatic carbocycles. The standard InChI is InChI=1S/C15H13F13O4/c1-9(2,3)8(32-7(31)5-4-6(29)30)10(16,17)11(18,19)12(20,21)13(22,23)14(24,25)15(26,27)28/h4-5,8H,1-3H3,(H,29,30)/b5-4-. The summed E-state index contributed by atoms with van der Waals surface area (Å²) in [7, 11) is 0. The molecule has 0 aliphatic carbocycles. The fourth-order valence-electron chi connectivity index (χ4n) is 2.04. The van der Waals surface area contributed by atoms with Crippen molar-refractivity contribution in [2.45, 2.75) is 62.7 Å². The molecule has 0 rings (SSSR count). The molecule has 0 spiro atoms. The molecule has 0 fully saturated rings. The number of carboxylic acid groups (broad SMARTS) is 1. The largest absolute Gasteiger partial charge is 0.478 e. The summed E-state index contributed by atoms with van der Waals surface area (Å²) in [4.78, 5) is 21.6. The van der Waals surface area contributed by atoms with E-state index in [1.807, 2.05) is 0 Å². The van der Waals surface area contributed by atoms with Crippen LogP contribution in [0.4, 0.5) is 57.1 Å². The van der Waals surface area contributed by atoms with Gasteiger partial charge < -0.3 is 9.84 Å². The number of hydrogen-bond donors (Lipinski definition) is 1. The Morgan fingerprint density at radius 1 is 0.688 bits per heavy atom. The van der Waals surface area contributed by atoms with Crippen molar-refractivity contribution in [2.75, 3.05) is 0 Å². The van der Waals surface area contributed by atoms with Crippen molar-refractivity contribution in [1.82, 2.24) is 0 Å². The van der Waals surface area contributed by atoms with Gasteiger partial charge in [0.05, 0.1) is 0 Å². The van der Waals surface area contributed by atoms with Gasteiger partial charge in [0.1, 0.15) is 0 Å². The number of ether oxygens (including phenoxy) is 1. The van der Waals surface area contributed by atoms with Gasteiger partial charge in [-0.15, -0.1) is 0 Å². The van der Waals surface area contributed by atoms with Crippen molar-refractivity contribution in [3.63, 3.8) is 0 Å². The van der Waals surface area contributed by atoms with E-state index in [1.165, 1.54) is 0 Å². The van der Waals surface area contributed by atoms with Crippen LogP contribution >= 0.6 is 0 Å². The van der Waals surface area contributed by atoms with E-state index in [0.717, 1.165) is 0 Å². The molecule has 1 atom stereocenters. The zero-order valence-electron chi connectivity index (χ0n) is 15.8. The number of hydrogen-bond acceptors (Lipinski definition) is 3. The van der Waals surface area contributed by atoms with Crippen LogP contribution in [0.15, 0.2) is 12.2 Å². The second-order valence-corrected chi connectivity index (χ2v) is 7.27. The van der Waals surface area contributed by atoms with E-state index in [1.54, 1.807) is 0 Å². The van der Waals surface area contributed by atoms with Gasteiger partial charge in [0.2, 0.25) is 0 Å². The Morgan fingerprint density at radius 3 is 1.38 bits per heavy atom. The molecule has 0 saturated heterocycles. The predicted molar refractivity (Wildman–Crippen MR) is 76.9 cm³/mol. The van der Waals surface area contributed by atoms with Crippen molar-refractivity contribution >= 4 is 11.9 Å². The SMILES string of the molecule is CC(C)(C)C(OC(=O)/C=C\C(=O)O)C(F)(F)C(F)(F)C(F)(F)C(F)(F)C(F)(F)C(F)(F)F. The van der Waals surface area contributed by atoms with E-state index in [9.17, 15) is 66.7 Å². The summed E-state index contributed by atoms with van der Waals surface area (Å²) in [5.74, 6) is -42.5. The number of carbonyl (C=O) groups excluding carboxylic acids is 1. The number of halogens is 13. The Balaban J connectivity index is 6.63. The van der Waals surface area contributed by atoms with Gasteiger partial charge in [0.25, 0.3) is 0 Å². The fourth-order valence-corrected chi connectivity index (χ4v) is 2.04. The third-order valence-electron chi connectivity index (χ3n) is 3.67. The second-order valence-electron chi connectivity index (χ2n) is 7.27. The molecule has 0 heterocycles. The summed E-state index contributed by atoms with van der Waals surface area (Å²) >= 11 is 0. The van der Waals surface area contributed by atoms with E-state index in [4.69, 9.17) is 5.11 Å². The average molecular weight is 504 g/mol. The van der Waals surface area contributed by atoms with Crippen LogP contribution in [0, 0.1) is 5.41 Å². The van der Waals surface area contributed by atoms with Gasteiger partial charge in [0.15, 0.2) is 6.10 Å². The molecule has 32 heavy (non-hydrogen) atoms. The smallest absolute Gasteiger partial charge is 0.460 e. The van der Waals surface area contributed by atoms with Crippen molar-refractivity contribution in [2.24, 2.45) is 5.41 Å². The number of carbonyl (C=O) groups is 2. The minimum atomic E-state index is -8.10. The molecular weight excluding hydrogens is 491 g/mol. The minimum Gasteiger partial charge on any atom is -0.478 e. The molecule has 1 unspecified atom stereocenters. The van der Waals surface area contributed by atoms with Crippen molar-refractivity contribution < 1.29 is 76.5 Å². The van der Waals surface area contributed by atoms with Gasteiger partial charge in [-0.25, -0.2) is 9.59 Å². The lowest BCUT2D eigenvalue weighted by Gasteiger charge is -2.44. The third kappa shape index (κ3) is 4.89. The molecule has 188 valence electrons. The Morgan fingerprint density at radius 2 is 1.06 bits per heavy atom. The first kappa shape index (κ1) is 29.8. The summed E-state index contributed by atoms with van der Waals surface area (Å²) in [5, 5.41) is 8.28. The molecule has 0 amide bonds. The molecule has 0 saturated carbocycles. The number of carboxylic acids is 1. The number of esters is 1. The topological polar surface area (TPSA) is 63.6 Å². The lowest BCUT2D eigenvalue weighted by Crippen LogP contribution is -2.72. The number of aliphatic carboxylic acids is 1. The highest BCUT2D eigenvalue weighted by Gasteiger charge is 2.91. The Bertz CT molecular complexity index is 747. The zero-order valence-corrected chi connectivity index (χ0v) is 15.8. The van der Waals surface area contributed by atoms with Crippen LogP contribution in [0.1, 0.15) is 20.8 Å². The molecule has 0 radical (unpaired) electrons. The monoisotopic (exact) mass is 504 g/mol. The molecule has 0 bridgehead atoms. The molecule has 4 nitrogen and oxygen atoms in total. The summed E-state index contributed by atoms with van der Waals surface area (Å²) < 4.78 is 176. The van der Waals surface area contributed by atoms with Crippen molar-refractivity contribution in [1.29, 1.82) is 0 Å². The van der Waals surface area contributed by atoms with Gasteiger partial charge in [-0.1, -0.05) is 20.8 Å². The minimum absolute atomic E-state index is 0.0923. The molecule has 0 aliphatic heterocycles. The molecule has 17 heteroatoms. The average Bonchev–Trinajstić information content (AvgIpc) is 2.54. The lowest BCUT2D eigenvalue weighted by molar-refractivity contribution is -0.446. The zero-order chi connectivity index (χ0) is 26.4. The predicted octanol–water partition coefficient (Wildman–Crippen LogP) is 5.32. The Hall–Kier alpha value is -2.23. The van der Waals surface area contributed by atoms with Gasteiger partial charge in [0, 0.05) is 17.6 Å². The highest BCUT2D eigenvalue weighted by Crippen LogP contribution is 2.61.